The predicted octanol–water partition coefficient (Wildman–Crippen LogP) is 4.54. The number of hydrogen-bond acceptors (Lipinski definition) is 8. The van der Waals surface area contributed by atoms with E-state index in [0.717, 1.165) is 0 Å². The zero-order valence-corrected chi connectivity index (χ0v) is 25.0. The molecule has 4 N–H and O–H groups in total. The highest BCUT2D eigenvalue weighted by atomic mass is 35.5. The number of hydrogen-bond donors (Lipinski definition) is 4. The summed E-state index contributed by atoms with van der Waals surface area (Å²) < 4.78 is 10.2. The van der Waals surface area contributed by atoms with Gasteiger partial charge in [-0.3, -0.25) is 25.2 Å². The van der Waals surface area contributed by atoms with Gasteiger partial charge in [0.15, 0.2) is 0 Å². The third kappa shape index (κ3) is 8.46. The predicted molar refractivity (Wildman–Crippen MR) is 165 cm³/mol. The molecule has 0 spiro atoms. The Hall–Kier alpha value is -5.72. The topological polar surface area (TPSA) is 177 Å². The van der Waals surface area contributed by atoms with Gasteiger partial charge in [0.25, 0.3) is 17.7 Å². The highest BCUT2D eigenvalue weighted by Crippen LogP contribution is 2.21. The number of rotatable bonds is 10. The molecule has 0 aromatic heterocycles. The van der Waals surface area contributed by atoms with Crippen LogP contribution in [0.2, 0.25) is 10.0 Å². The van der Waals surface area contributed by atoms with Crippen LogP contribution in [-0.4, -0.2) is 52.9 Å². The van der Waals surface area contributed by atoms with E-state index < -0.39 is 41.9 Å². The van der Waals surface area contributed by atoms with Gasteiger partial charge >= 0.3 is 17.9 Å². The molecule has 0 fully saturated rings. The van der Waals surface area contributed by atoms with Crippen LogP contribution in [0, 0.1) is 0 Å². The van der Waals surface area contributed by atoms with Crippen LogP contribution in [0.15, 0.2) is 103 Å². The number of carbonyl (C=O) groups is 6. The second kappa shape index (κ2) is 15.3. The monoisotopic (exact) mass is 663 g/mol. The Labute approximate surface area is 271 Å². The van der Waals surface area contributed by atoms with Crippen molar-refractivity contribution >= 4 is 64.5 Å². The summed E-state index contributed by atoms with van der Waals surface area (Å²) in [4.78, 5) is 76.3. The van der Waals surface area contributed by atoms with E-state index in [-0.39, 0.29) is 32.6 Å². The van der Waals surface area contributed by atoms with Crippen molar-refractivity contribution in [2.75, 3.05) is 5.32 Å². The van der Waals surface area contributed by atoms with E-state index in [0.29, 0.717) is 11.3 Å². The number of hydrazine groups is 1. The Morgan fingerprint density at radius 1 is 0.565 bits per heavy atom. The number of amides is 3. The van der Waals surface area contributed by atoms with Crippen molar-refractivity contribution in [2.45, 2.75) is 12.2 Å². The maximum Gasteiger partial charge on any atom is 0.349 e. The van der Waals surface area contributed by atoms with Gasteiger partial charge in [-0.1, -0.05) is 65.7 Å². The lowest BCUT2D eigenvalue weighted by Crippen LogP contribution is -2.54. The highest BCUT2D eigenvalue weighted by molar-refractivity contribution is 6.34. The number of esters is 2. The maximum atomic E-state index is 13.2. The lowest BCUT2D eigenvalue weighted by atomic mass is 10.1. The lowest BCUT2D eigenvalue weighted by molar-refractivity contribution is -0.159. The van der Waals surface area contributed by atoms with E-state index in [9.17, 15) is 33.9 Å². The van der Waals surface area contributed by atoms with Crippen LogP contribution in [-0.2, 0) is 19.1 Å². The Morgan fingerprint density at radius 3 is 1.57 bits per heavy atom. The molecular formula is C32H23Cl2N3O9. The number of carbonyl (C=O) groups excluding carboxylic acids is 5. The molecule has 4 rings (SSSR count). The van der Waals surface area contributed by atoms with Gasteiger partial charge in [0.1, 0.15) is 0 Å². The van der Waals surface area contributed by atoms with Gasteiger partial charge in [0.2, 0.25) is 12.2 Å². The summed E-state index contributed by atoms with van der Waals surface area (Å²) in [5.74, 6) is -6.89. The van der Waals surface area contributed by atoms with Gasteiger partial charge in [-0.05, 0) is 60.7 Å². The van der Waals surface area contributed by atoms with Gasteiger partial charge in [0.05, 0.1) is 21.2 Å². The molecule has 4 aromatic rings. The number of benzene rings is 4. The molecule has 2 atom stereocenters. The summed E-state index contributed by atoms with van der Waals surface area (Å²) in [6.45, 7) is 0. The van der Waals surface area contributed by atoms with Crippen molar-refractivity contribution < 1.29 is 43.3 Å². The first-order valence-electron chi connectivity index (χ1n) is 13.3. The summed E-state index contributed by atoms with van der Waals surface area (Å²) in [5.41, 5.74) is 4.46. The average Bonchev–Trinajstić information content (AvgIpc) is 3.05. The van der Waals surface area contributed by atoms with Crippen LogP contribution in [0.4, 0.5) is 5.69 Å². The number of halogens is 2. The molecule has 12 nitrogen and oxygen atoms in total. The zero-order chi connectivity index (χ0) is 33.2. The van der Waals surface area contributed by atoms with Crippen molar-refractivity contribution in [2.24, 2.45) is 0 Å². The van der Waals surface area contributed by atoms with E-state index in [1.807, 2.05) is 5.43 Å². The smallest absolute Gasteiger partial charge is 0.349 e. The minimum absolute atomic E-state index is 0.0301. The van der Waals surface area contributed by atoms with Gasteiger partial charge in [-0.2, -0.15) is 0 Å². The van der Waals surface area contributed by atoms with Crippen molar-refractivity contribution in [1.29, 1.82) is 0 Å². The second-order valence-corrected chi connectivity index (χ2v) is 10.1. The molecule has 0 saturated heterocycles. The van der Waals surface area contributed by atoms with Crippen LogP contribution in [0.25, 0.3) is 0 Å². The molecule has 46 heavy (non-hydrogen) atoms. The summed E-state index contributed by atoms with van der Waals surface area (Å²) in [5, 5.41) is 12.4. The van der Waals surface area contributed by atoms with Gasteiger partial charge in [0, 0.05) is 16.8 Å². The van der Waals surface area contributed by atoms with Crippen LogP contribution in [0.3, 0.4) is 0 Å². The molecule has 4 aromatic carbocycles. The molecule has 0 unspecified atom stereocenters. The SMILES string of the molecule is O=C(NNC(=O)[C@H](OC(=O)c1ccccc1Cl)[C@H](OC(=O)c1ccccc1Cl)C(=O)O)c1ccc(NC(=O)c2ccccc2)cc1. The van der Waals surface area contributed by atoms with Gasteiger partial charge < -0.3 is 19.9 Å². The largest absolute Gasteiger partial charge is 0.478 e. The molecule has 0 aliphatic heterocycles. The van der Waals surface area contributed by atoms with E-state index in [2.05, 4.69) is 10.7 Å². The standard InChI is InChI=1S/C32H23Cl2N3O9/c33-23-12-6-4-10-21(23)31(43)45-25(26(30(41)42)46-32(44)22-11-5-7-13-24(22)34)29(40)37-36-28(39)19-14-16-20(17-15-19)35-27(38)18-8-2-1-3-9-18/h1-17,25-26H,(H,35,38)(H,36,39)(H,37,40)(H,41,42)/t25-,26+/m1/s1. The number of carboxylic acids is 1. The van der Waals surface area contributed by atoms with Crippen molar-refractivity contribution in [1.82, 2.24) is 10.9 Å². The van der Waals surface area contributed by atoms with Gasteiger partial charge in [-0.15, -0.1) is 0 Å². The molecule has 0 aliphatic rings. The summed E-state index contributed by atoms with van der Waals surface area (Å²) >= 11 is 12.1. The van der Waals surface area contributed by atoms with Crippen molar-refractivity contribution in [3.63, 3.8) is 0 Å². The summed E-state index contributed by atoms with van der Waals surface area (Å²) in [6, 6.07) is 25.2. The normalized spacial score (nSPS) is 11.7. The Morgan fingerprint density at radius 2 is 1.04 bits per heavy atom. The molecule has 0 radical (unpaired) electrons. The first-order valence-corrected chi connectivity index (χ1v) is 14.0. The number of anilines is 1. The Bertz CT molecular complexity index is 1780. The molecule has 234 valence electrons. The fraction of sp³-hybridized carbons (Fsp3) is 0.0625. The molecule has 0 aliphatic carbocycles. The van der Waals surface area contributed by atoms with E-state index in [1.54, 1.807) is 30.3 Å². The first-order chi connectivity index (χ1) is 22.0. The fourth-order valence-corrected chi connectivity index (χ4v) is 4.29. The summed E-state index contributed by atoms with van der Waals surface area (Å²) in [6.07, 6.45) is -4.71. The minimum Gasteiger partial charge on any atom is -0.478 e. The average molecular weight is 664 g/mol. The van der Waals surface area contributed by atoms with Crippen molar-refractivity contribution in [3.05, 3.63) is 135 Å². The molecule has 3 amide bonds. The van der Waals surface area contributed by atoms with Crippen LogP contribution in [0.5, 0.6) is 0 Å². The second-order valence-electron chi connectivity index (χ2n) is 9.29. The third-order valence-corrected chi connectivity index (χ3v) is 6.83. The van der Waals surface area contributed by atoms with Crippen molar-refractivity contribution in [3.8, 4) is 0 Å². The molecule has 14 heteroatoms. The fourth-order valence-electron chi connectivity index (χ4n) is 3.86. The van der Waals surface area contributed by atoms with Gasteiger partial charge in [-0.25, -0.2) is 14.4 Å². The van der Waals surface area contributed by atoms with Crippen LogP contribution >= 0.6 is 23.2 Å². The summed E-state index contributed by atoms with van der Waals surface area (Å²) in [7, 11) is 0. The first kappa shape index (κ1) is 33.2. The highest BCUT2D eigenvalue weighted by Gasteiger charge is 2.41. The molecule has 0 bridgehead atoms. The maximum absolute atomic E-state index is 13.2. The lowest BCUT2D eigenvalue weighted by Gasteiger charge is -2.24. The number of carboxylic acid groups (broad SMARTS) is 1. The van der Waals surface area contributed by atoms with E-state index in [4.69, 9.17) is 32.7 Å². The Balaban J connectivity index is 1.49. The number of nitrogens with one attached hydrogen (secondary N) is 3. The quantitative estimate of drug-likeness (QED) is 0.140. The molecule has 0 saturated carbocycles. The van der Waals surface area contributed by atoms with E-state index in [1.165, 1.54) is 72.8 Å². The number of aliphatic carboxylic acids is 1. The molecule has 0 heterocycles. The van der Waals surface area contributed by atoms with Crippen LogP contribution < -0.4 is 16.2 Å². The Kier molecular flexibility index (Phi) is 11.1. The van der Waals surface area contributed by atoms with E-state index >= 15 is 0 Å². The molecular weight excluding hydrogens is 641 g/mol. The van der Waals surface area contributed by atoms with Crippen LogP contribution in [0.1, 0.15) is 41.4 Å². The third-order valence-electron chi connectivity index (χ3n) is 6.17. The minimum atomic E-state index is -2.39. The zero-order valence-electron chi connectivity index (χ0n) is 23.4. The number of ether oxygens (including phenoxy) is 2.